The fourth-order valence-corrected chi connectivity index (χ4v) is 3.01. The molecule has 0 bridgehead atoms. The number of rotatable bonds is 9. The highest BCUT2D eigenvalue weighted by atomic mass is 35.5. The zero-order valence-corrected chi connectivity index (χ0v) is 16.0. The molecule has 144 valence electrons. The first kappa shape index (κ1) is 20.4. The molecule has 1 aliphatic heterocycles. The molecule has 7 heteroatoms. The van der Waals surface area contributed by atoms with Gasteiger partial charge in [-0.15, -0.1) is 11.6 Å². The molecule has 0 saturated carbocycles. The van der Waals surface area contributed by atoms with Gasteiger partial charge in [0.1, 0.15) is 0 Å². The number of nitrogens with one attached hydrogen (secondary N) is 1. The largest absolute Gasteiger partial charge is 0.490 e. The van der Waals surface area contributed by atoms with Gasteiger partial charge < -0.3 is 19.7 Å². The first-order valence-corrected chi connectivity index (χ1v) is 9.65. The van der Waals surface area contributed by atoms with Crippen LogP contribution in [0, 0.1) is 0 Å². The lowest BCUT2D eigenvalue weighted by molar-refractivity contribution is -0.134. The molecular weight excluding hydrogens is 356 g/mol. The van der Waals surface area contributed by atoms with Gasteiger partial charge in [0.25, 0.3) is 5.91 Å². The number of para-hydroxylation sites is 2. The normalized spacial score (nSPS) is 14.8. The number of benzene rings is 1. The highest BCUT2D eigenvalue weighted by Crippen LogP contribution is 2.26. The summed E-state index contributed by atoms with van der Waals surface area (Å²) in [4.78, 5) is 25.9. The molecule has 1 saturated heterocycles. The van der Waals surface area contributed by atoms with Gasteiger partial charge in [-0.05, 0) is 38.3 Å². The van der Waals surface area contributed by atoms with Crippen LogP contribution in [0.15, 0.2) is 24.3 Å². The van der Waals surface area contributed by atoms with Crippen molar-refractivity contribution in [1.29, 1.82) is 0 Å². The van der Waals surface area contributed by atoms with Gasteiger partial charge in [0.15, 0.2) is 18.1 Å². The van der Waals surface area contributed by atoms with Crippen molar-refractivity contribution < 1.29 is 19.1 Å². The third-order valence-corrected chi connectivity index (χ3v) is 4.52. The molecule has 1 aromatic carbocycles. The third-order valence-electron chi connectivity index (χ3n) is 4.25. The minimum atomic E-state index is -0.0526. The predicted octanol–water partition coefficient (Wildman–Crippen LogP) is 2.59. The van der Waals surface area contributed by atoms with E-state index in [1.165, 1.54) is 0 Å². The van der Waals surface area contributed by atoms with Crippen LogP contribution in [0.3, 0.4) is 0 Å². The molecule has 1 aromatic rings. The summed E-state index contributed by atoms with van der Waals surface area (Å²) in [5.41, 5.74) is 0. The van der Waals surface area contributed by atoms with Crippen molar-refractivity contribution >= 4 is 23.4 Å². The van der Waals surface area contributed by atoms with E-state index in [2.05, 4.69) is 5.32 Å². The molecule has 0 atom stereocenters. The third kappa shape index (κ3) is 6.41. The number of carbonyl (C=O) groups is 2. The molecule has 2 rings (SSSR count). The first-order chi connectivity index (χ1) is 12.6. The molecular formula is C19H27ClN2O4. The molecule has 26 heavy (non-hydrogen) atoms. The number of halogens is 1. The molecule has 1 aliphatic rings. The van der Waals surface area contributed by atoms with Crippen molar-refractivity contribution in [2.24, 2.45) is 0 Å². The Labute approximate surface area is 159 Å². The van der Waals surface area contributed by atoms with Crippen LogP contribution < -0.4 is 14.8 Å². The van der Waals surface area contributed by atoms with Crippen molar-refractivity contribution in [3.05, 3.63) is 24.3 Å². The van der Waals surface area contributed by atoms with Gasteiger partial charge in [-0.2, -0.15) is 0 Å². The van der Waals surface area contributed by atoms with Gasteiger partial charge in [-0.1, -0.05) is 12.1 Å². The lowest BCUT2D eigenvalue weighted by Crippen LogP contribution is -2.47. The Hall–Kier alpha value is -1.95. The summed E-state index contributed by atoms with van der Waals surface area (Å²) < 4.78 is 11.1. The Balaban J connectivity index is 1.74. The minimum Gasteiger partial charge on any atom is -0.490 e. The van der Waals surface area contributed by atoms with Crippen molar-refractivity contribution in [2.75, 3.05) is 32.2 Å². The molecule has 1 heterocycles. The van der Waals surface area contributed by atoms with E-state index in [9.17, 15) is 9.59 Å². The van der Waals surface area contributed by atoms with Gasteiger partial charge in [0, 0.05) is 31.4 Å². The van der Waals surface area contributed by atoms with Crippen molar-refractivity contribution in [2.45, 2.75) is 38.6 Å². The topological polar surface area (TPSA) is 67.9 Å². The summed E-state index contributed by atoms with van der Waals surface area (Å²) in [5, 5.41) is 3.01. The molecule has 0 aromatic heterocycles. The lowest BCUT2D eigenvalue weighted by atomic mass is 10.0. The summed E-state index contributed by atoms with van der Waals surface area (Å²) in [5.74, 6) is 1.69. The number of ether oxygens (including phenoxy) is 2. The van der Waals surface area contributed by atoms with Gasteiger partial charge in [-0.25, -0.2) is 0 Å². The van der Waals surface area contributed by atoms with Crippen LogP contribution in [0.25, 0.3) is 0 Å². The van der Waals surface area contributed by atoms with E-state index in [0.717, 1.165) is 12.8 Å². The molecule has 6 nitrogen and oxygen atoms in total. The fourth-order valence-electron chi connectivity index (χ4n) is 2.88. The maximum atomic E-state index is 12.4. The zero-order valence-electron chi connectivity index (χ0n) is 15.2. The fraction of sp³-hybridized carbons (Fsp3) is 0.579. The Bertz CT molecular complexity index is 589. The standard InChI is InChI=1S/C19H27ClN2O4/c1-2-25-16-6-3-4-7-17(16)26-14-19(24)22-12-9-15(10-13-22)21-18(23)8-5-11-20/h3-4,6-7,15H,2,5,8-14H2,1H3,(H,21,23). The van der Waals surface area contributed by atoms with Gasteiger partial charge >= 0.3 is 0 Å². The van der Waals surface area contributed by atoms with E-state index in [4.69, 9.17) is 21.1 Å². The van der Waals surface area contributed by atoms with E-state index < -0.39 is 0 Å². The number of piperidine rings is 1. The maximum absolute atomic E-state index is 12.4. The monoisotopic (exact) mass is 382 g/mol. The number of carbonyl (C=O) groups excluding carboxylic acids is 2. The van der Waals surface area contributed by atoms with Gasteiger partial charge in [-0.3, -0.25) is 9.59 Å². The number of nitrogens with zero attached hydrogens (tertiary/aromatic N) is 1. The molecule has 2 amide bonds. The van der Waals surface area contributed by atoms with E-state index in [0.29, 0.717) is 49.9 Å². The van der Waals surface area contributed by atoms with Crippen LogP contribution in [0.4, 0.5) is 0 Å². The molecule has 0 unspecified atom stereocenters. The number of amides is 2. The van der Waals surface area contributed by atoms with Crippen LogP contribution in [0.1, 0.15) is 32.6 Å². The molecule has 1 N–H and O–H groups in total. The van der Waals surface area contributed by atoms with Crippen LogP contribution in [0.2, 0.25) is 0 Å². The highest BCUT2D eigenvalue weighted by molar-refractivity contribution is 6.17. The molecule has 0 spiro atoms. The number of alkyl halides is 1. The number of likely N-dealkylation sites (tertiary alicyclic amines) is 1. The average molecular weight is 383 g/mol. The lowest BCUT2D eigenvalue weighted by Gasteiger charge is -2.32. The molecule has 0 aliphatic carbocycles. The molecule has 0 radical (unpaired) electrons. The van der Waals surface area contributed by atoms with E-state index >= 15 is 0 Å². The van der Waals surface area contributed by atoms with Crippen LogP contribution in [-0.2, 0) is 9.59 Å². The average Bonchev–Trinajstić information content (AvgIpc) is 2.66. The van der Waals surface area contributed by atoms with Crippen LogP contribution in [0.5, 0.6) is 11.5 Å². The smallest absolute Gasteiger partial charge is 0.260 e. The summed E-state index contributed by atoms with van der Waals surface area (Å²) >= 11 is 5.60. The van der Waals surface area contributed by atoms with Crippen LogP contribution in [-0.4, -0.2) is 54.9 Å². The van der Waals surface area contributed by atoms with Gasteiger partial charge in [0.05, 0.1) is 6.61 Å². The maximum Gasteiger partial charge on any atom is 0.260 e. The predicted molar refractivity (Wildman–Crippen MR) is 101 cm³/mol. The van der Waals surface area contributed by atoms with Gasteiger partial charge in [0.2, 0.25) is 5.91 Å². The quantitative estimate of drug-likeness (QED) is 0.666. The van der Waals surface area contributed by atoms with Crippen molar-refractivity contribution in [1.82, 2.24) is 10.2 Å². The second kappa shape index (κ2) is 10.9. The van der Waals surface area contributed by atoms with Crippen molar-refractivity contribution in [3.8, 4) is 11.5 Å². The zero-order chi connectivity index (χ0) is 18.8. The van der Waals surface area contributed by atoms with Crippen LogP contribution >= 0.6 is 11.6 Å². The Morgan fingerprint density at radius 3 is 2.46 bits per heavy atom. The Morgan fingerprint density at radius 1 is 1.19 bits per heavy atom. The summed E-state index contributed by atoms with van der Waals surface area (Å²) in [6.07, 6.45) is 2.66. The van der Waals surface area contributed by atoms with Crippen molar-refractivity contribution in [3.63, 3.8) is 0 Å². The summed E-state index contributed by atoms with van der Waals surface area (Å²) in [7, 11) is 0. The Morgan fingerprint density at radius 2 is 1.85 bits per heavy atom. The second-order valence-corrected chi connectivity index (χ2v) is 6.56. The van der Waals surface area contributed by atoms with E-state index in [1.807, 2.05) is 25.1 Å². The minimum absolute atomic E-state index is 0.0170. The summed E-state index contributed by atoms with van der Waals surface area (Å²) in [6.45, 7) is 3.67. The SMILES string of the molecule is CCOc1ccccc1OCC(=O)N1CCC(NC(=O)CCCCl)CC1. The van der Waals surface area contributed by atoms with E-state index in [1.54, 1.807) is 11.0 Å². The highest BCUT2D eigenvalue weighted by Gasteiger charge is 2.24. The Kier molecular flexibility index (Phi) is 8.54. The first-order valence-electron chi connectivity index (χ1n) is 9.11. The van der Waals surface area contributed by atoms with E-state index in [-0.39, 0.29) is 24.5 Å². The number of hydrogen-bond acceptors (Lipinski definition) is 4. The molecule has 1 fully saturated rings. The second-order valence-electron chi connectivity index (χ2n) is 6.18. The summed E-state index contributed by atoms with van der Waals surface area (Å²) in [6, 6.07) is 7.45. The number of hydrogen-bond donors (Lipinski definition) is 1.